The molecule has 2 nitrogen and oxygen atoms in total. The van der Waals surface area contributed by atoms with E-state index in [1.807, 2.05) is 30.3 Å². The average Bonchev–Trinajstić information content (AvgIpc) is 2.41. The van der Waals surface area contributed by atoms with Crippen LogP contribution >= 0.6 is 0 Å². The lowest BCUT2D eigenvalue weighted by Gasteiger charge is -2.08. The highest BCUT2D eigenvalue weighted by Gasteiger charge is 2.06. The molecule has 2 rings (SSSR count). The van der Waals surface area contributed by atoms with Crippen LogP contribution in [0.4, 0.5) is 0 Å². The highest BCUT2D eigenvalue weighted by atomic mass is 16.3. The standard InChI is InChI=1S/C17H16O2/c1-2-7-13(15-9-4-6-11-17(15)19)12-14-8-3-5-10-16(14)18/h2-6,8-12,18-19H,1,7H2/b13-12+. The summed E-state index contributed by atoms with van der Waals surface area (Å²) in [5.41, 5.74) is 2.39. The zero-order valence-corrected chi connectivity index (χ0v) is 10.6. The van der Waals surface area contributed by atoms with Crippen molar-refractivity contribution in [2.45, 2.75) is 6.42 Å². The number of phenolic OH excluding ortho intramolecular Hbond substituents is 2. The van der Waals surface area contributed by atoms with Crippen molar-refractivity contribution < 1.29 is 10.2 Å². The molecule has 2 aromatic carbocycles. The van der Waals surface area contributed by atoms with Crippen molar-refractivity contribution in [1.29, 1.82) is 0 Å². The van der Waals surface area contributed by atoms with E-state index < -0.39 is 0 Å². The van der Waals surface area contributed by atoms with Crippen molar-refractivity contribution >= 4 is 11.6 Å². The molecule has 0 spiro atoms. The first kappa shape index (κ1) is 13.0. The summed E-state index contributed by atoms with van der Waals surface area (Å²) in [6.07, 6.45) is 4.26. The fourth-order valence-electron chi connectivity index (χ4n) is 1.94. The van der Waals surface area contributed by atoms with E-state index in [4.69, 9.17) is 0 Å². The molecule has 0 aliphatic rings. The largest absolute Gasteiger partial charge is 0.507 e. The van der Waals surface area contributed by atoms with Crippen LogP contribution in [0, 0.1) is 0 Å². The molecule has 0 aliphatic heterocycles. The molecule has 0 unspecified atom stereocenters. The second-order valence-electron chi connectivity index (χ2n) is 4.24. The third-order valence-corrected chi connectivity index (χ3v) is 2.88. The van der Waals surface area contributed by atoms with Crippen LogP contribution in [0.15, 0.2) is 61.2 Å². The first-order valence-electron chi connectivity index (χ1n) is 6.10. The first-order valence-corrected chi connectivity index (χ1v) is 6.10. The van der Waals surface area contributed by atoms with Gasteiger partial charge in [0.2, 0.25) is 0 Å². The Morgan fingerprint density at radius 1 is 0.947 bits per heavy atom. The van der Waals surface area contributed by atoms with E-state index in [0.717, 1.165) is 16.7 Å². The number of rotatable bonds is 4. The average molecular weight is 252 g/mol. The number of hydrogen-bond donors (Lipinski definition) is 2. The molecule has 0 aliphatic carbocycles. The van der Waals surface area contributed by atoms with Crippen molar-refractivity contribution in [3.8, 4) is 11.5 Å². The fourth-order valence-corrected chi connectivity index (χ4v) is 1.94. The Morgan fingerprint density at radius 2 is 1.58 bits per heavy atom. The minimum absolute atomic E-state index is 0.222. The second kappa shape index (κ2) is 5.91. The maximum absolute atomic E-state index is 9.92. The van der Waals surface area contributed by atoms with Crippen LogP contribution in [0.25, 0.3) is 11.6 Å². The van der Waals surface area contributed by atoms with Gasteiger partial charge in [-0.05, 0) is 30.2 Å². The predicted molar refractivity (Wildman–Crippen MR) is 78.9 cm³/mol. The van der Waals surface area contributed by atoms with Crippen LogP contribution in [0.2, 0.25) is 0 Å². The van der Waals surface area contributed by atoms with Crippen molar-refractivity contribution in [1.82, 2.24) is 0 Å². The molecule has 0 aromatic heterocycles. The van der Waals surface area contributed by atoms with Crippen molar-refractivity contribution in [3.63, 3.8) is 0 Å². The molecule has 2 heteroatoms. The van der Waals surface area contributed by atoms with Crippen LogP contribution in [0.1, 0.15) is 17.5 Å². The molecular formula is C17H16O2. The molecule has 96 valence electrons. The smallest absolute Gasteiger partial charge is 0.123 e. The molecule has 0 saturated carbocycles. The molecule has 0 atom stereocenters. The molecule has 0 bridgehead atoms. The molecule has 0 fully saturated rings. The van der Waals surface area contributed by atoms with Crippen LogP contribution < -0.4 is 0 Å². The number of aromatic hydroxyl groups is 2. The van der Waals surface area contributed by atoms with E-state index in [0.29, 0.717) is 6.42 Å². The van der Waals surface area contributed by atoms with Gasteiger partial charge in [-0.3, -0.25) is 0 Å². The molecular weight excluding hydrogens is 236 g/mol. The zero-order valence-electron chi connectivity index (χ0n) is 10.6. The van der Waals surface area contributed by atoms with Crippen LogP contribution in [0.5, 0.6) is 11.5 Å². The molecule has 0 heterocycles. The number of hydrogen-bond acceptors (Lipinski definition) is 2. The summed E-state index contributed by atoms with van der Waals surface area (Å²) in [6, 6.07) is 14.3. The monoisotopic (exact) mass is 252 g/mol. The Morgan fingerprint density at radius 3 is 2.21 bits per heavy atom. The van der Waals surface area contributed by atoms with Gasteiger partial charge in [0.05, 0.1) is 0 Å². The Bertz CT molecular complexity index is 612. The topological polar surface area (TPSA) is 40.5 Å². The lowest BCUT2D eigenvalue weighted by molar-refractivity contribution is 0.472. The fraction of sp³-hybridized carbons (Fsp3) is 0.0588. The maximum Gasteiger partial charge on any atom is 0.123 e. The Balaban J connectivity index is 2.50. The summed E-state index contributed by atoms with van der Waals surface area (Å²) in [5.74, 6) is 0.450. The third-order valence-electron chi connectivity index (χ3n) is 2.88. The number of allylic oxidation sites excluding steroid dienone is 2. The van der Waals surface area contributed by atoms with Crippen LogP contribution in [-0.4, -0.2) is 10.2 Å². The summed E-state index contributed by atoms with van der Waals surface area (Å²) in [5, 5.41) is 19.7. The lowest BCUT2D eigenvalue weighted by atomic mass is 9.98. The van der Waals surface area contributed by atoms with E-state index in [1.165, 1.54) is 0 Å². The van der Waals surface area contributed by atoms with Crippen molar-refractivity contribution in [2.75, 3.05) is 0 Å². The summed E-state index contributed by atoms with van der Waals surface area (Å²) in [6.45, 7) is 3.73. The maximum atomic E-state index is 9.92. The van der Waals surface area contributed by atoms with E-state index >= 15 is 0 Å². The van der Waals surface area contributed by atoms with Gasteiger partial charge >= 0.3 is 0 Å². The van der Waals surface area contributed by atoms with E-state index in [1.54, 1.807) is 30.3 Å². The summed E-state index contributed by atoms with van der Waals surface area (Å²) < 4.78 is 0. The summed E-state index contributed by atoms with van der Waals surface area (Å²) >= 11 is 0. The van der Waals surface area contributed by atoms with Gasteiger partial charge in [0, 0.05) is 11.1 Å². The van der Waals surface area contributed by atoms with E-state index in [9.17, 15) is 10.2 Å². The molecule has 0 amide bonds. The van der Waals surface area contributed by atoms with Gasteiger partial charge in [0.25, 0.3) is 0 Å². The van der Waals surface area contributed by atoms with Gasteiger partial charge < -0.3 is 10.2 Å². The Hall–Kier alpha value is -2.48. The van der Waals surface area contributed by atoms with Gasteiger partial charge in [-0.2, -0.15) is 0 Å². The van der Waals surface area contributed by atoms with Gasteiger partial charge in [0.1, 0.15) is 11.5 Å². The van der Waals surface area contributed by atoms with Crippen LogP contribution in [0.3, 0.4) is 0 Å². The van der Waals surface area contributed by atoms with Crippen LogP contribution in [-0.2, 0) is 0 Å². The predicted octanol–water partition coefficient (Wildman–Crippen LogP) is 4.21. The second-order valence-corrected chi connectivity index (χ2v) is 4.24. The number of para-hydroxylation sites is 2. The van der Waals surface area contributed by atoms with Gasteiger partial charge in [-0.1, -0.05) is 42.5 Å². The minimum atomic E-state index is 0.222. The van der Waals surface area contributed by atoms with E-state index in [2.05, 4.69) is 6.58 Å². The molecule has 0 radical (unpaired) electrons. The zero-order chi connectivity index (χ0) is 13.7. The highest BCUT2D eigenvalue weighted by Crippen LogP contribution is 2.31. The normalized spacial score (nSPS) is 11.3. The van der Waals surface area contributed by atoms with Gasteiger partial charge in [-0.15, -0.1) is 6.58 Å². The highest BCUT2D eigenvalue weighted by molar-refractivity contribution is 5.85. The number of phenols is 2. The van der Waals surface area contributed by atoms with Crippen molar-refractivity contribution in [3.05, 3.63) is 72.3 Å². The minimum Gasteiger partial charge on any atom is -0.507 e. The lowest BCUT2D eigenvalue weighted by Crippen LogP contribution is -1.85. The van der Waals surface area contributed by atoms with Gasteiger partial charge in [-0.25, -0.2) is 0 Å². The van der Waals surface area contributed by atoms with Gasteiger partial charge in [0.15, 0.2) is 0 Å². The Labute approximate surface area is 113 Å². The first-order chi connectivity index (χ1) is 9.22. The Kier molecular flexibility index (Phi) is 4.04. The molecule has 0 saturated heterocycles. The SMILES string of the molecule is C=CC/C(=C\c1ccccc1O)c1ccccc1O. The van der Waals surface area contributed by atoms with E-state index in [-0.39, 0.29) is 11.5 Å². The number of benzene rings is 2. The molecule has 2 N–H and O–H groups in total. The summed E-state index contributed by atoms with van der Waals surface area (Å²) in [7, 11) is 0. The quantitative estimate of drug-likeness (QED) is 0.632. The van der Waals surface area contributed by atoms with Crippen molar-refractivity contribution in [2.24, 2.45) is 0 Å². The summed E-state index contributed by atoms with van der Waals surface area (Å²) in [4.78, 5) is 0. The molecule has 2 aromatic rings. The molecule has 19 heavy (non-hydrogen) atoms. The third kappa shape index (κ3) is 3.05.